The lowest BCUT2D eigenvalue weighted by atomic mass is 10.2. The van der Waals surface area contributed by atoms with Crippen molar-refractivity contribution in [1.82, 2.24) is 4.98 Å². The summed E-state index contributed by atoms with van der Waals surface area (Å²) >= 11 is 0. The van der Waals surface area contributed by atoms with Gasteiger partial charge in [-0.2, -0.15) is 0 Å². The van der Waals surface area contributed by atoms with E-state index < -0.39 is 23.4 Å². The first-order chi connectivity index (χ1) is 13.5. The molecule has 0 aliphatic carbocycles. The molecule has 2 aromatic carbocycles. The van der Waals surface area contributed by atoms with Crippen LogP contribution in [0.5, 0.6) is 5.75 Å². The van der Waals surface area contributed by atoms with Gasteiger partial charge in [0.05, 0.1) is 29.7 Å². The molecule has 0 saturated carbocycles. The molecule has 2 N–H and O–H groups in total. The number of ether oxygens (including phenoxy) is 1. The van der Waals surface area contributed by atoms with E-state index in [1.807, 2.05) is 6.92 Å². The van der Waals surface area contributed by atoms with Crippen LogP contribution in [0, 0.1) is 17.5 Å². The molecule has 0 spiro atoms. The van der Waals surface area contributed by atoms with E-state index in [1.54, 1.807) is 24.3 Å². The van der Waals surface area contributed by atoms with Crippen molar-refractivity contribution in [2.24, 2.45) is 0 Å². The molecule has 0 aliphatic heterocycles. The second-order valence-electron chi connectivity index (χ2n) is 5.72. The van der Waals surface area contributed by atoms with E-state index in [-0.39, 0.29) is 16.9 Å². The number of nitrogens with one attached hydrogen (secondary N) is 2. The Morgan fingerprint density at radius 1 is 1.00 bits per heavy atom. The lowest BCUT2D eigenvalue weighted by molar-refractivity contribution is 0.102. The summed E-state index contributed by atoms with van der Waals surface area (Å²) in [5.41, 5.74) is 0.717. The number of anilines is 3. The van der Waals surface area contributed by atoms with Gasteiger partial charge < -0.3 is 15.4 Å². The van der Waals surface area contributed by atoms with Crippen LogP contribution < -0.4 is 15.4 Å². The molecule has 3 aromatic rings. The summed E-state index contributed by atoms with van der Waals surface area (Å²) < 4.78 is 45.5. The van der Waals surface area contributed by atoms with Gasteiger partial charge in [0.25, 0.3) is 5.91 Å². The van der Waals surface area contributed by atoms with Gasteiger partial charge in [0.2, 0.25) is 0 Å². The van der Waals surface area contributed by atoms with Crippen LogP contribution in [0.15, 0.2) is 54.9 Å². The number of hydrogen-bond donors (Lipinski definition) is 2. The molecule has 0 radical (unpaired) electrons. The molecule has 1 heterocycles. The van der Waals surface area contributed by atoms with Gasteiger partial charge in [0, 0.05) is 11.9 Å². The summed E-state index contributed by atoms with van der Waals surface area (Å²) in [6, 6.07) is 10.1. The van der Waals surface area contributed by atoms with Crippen LogP contribution in [0.4, 0.5) is 30.2 Å². The average Bonchev–Trinajstić information content (AvgIpc) is 2.70. The Labute approximate surface area is 159 Å². The summed E-state index contributed by atoms with van der Waals surface area (Å²) in [4.78, 5) is 16.3. The molecule has 0 unspecified atom stereocenters. The molecule has 0 aliphatic rings. The Bertz CT molecular complexity index is 994. The number of benzene rings is 2. The molecule has 5 nitrogen and oxygen atoms in total. The van der Waals surface area contributed by atoms with Crippen LogP contribution in [0.3, 0.4) is 0 Å². The van der Waals surface area contributed by atoms with E-state index in [0.717, 1.165) is 12.1 Å². The smallest absolute Gasteiger partial charge is 0.257 e. The van der Waals surface area contributed by atoms with Crippen molar-refractivity contribution in [2.75, 3.05) is 17.2 Å². The van der Waals surface area contributed by atoms with Gasteiger partial charge in [-0.15, -0.1) is 0 Å². The number of aromatic nitrogens is 1. The Morgan fingerprint density at radius 2 is 1.75 bits per heavy atom. The van der Waals surface area contributed by atoms with Crippen molar-refractivity contribution < 1.29 is 22.7 Å². The number of halogens is 3. The summed E-state index contributed by atoms with van der Waals surface area (Å²) in [5, 5.41) is 5.28. The van der Waals surface area contributed by atoms with Gasteiger partial charge in [-0.25, -0.2) is 13.2 Å². The first kappa shape index (κ1) is 19.2. The number of amides is 1. The molecule has 28 heavy (non-hydrogen) atoms. The van der Waals surface area contributed by atoms with Crippen LogP contribution in [-0.4, -0.2) is 17.5 Å². The highest BCUT2D eigenvalue weighted by Crippen LogP contribution is 2.24. The quantitative estimate of drug-likeness (QED) is 0.591. The fourth-order valence-electron chi connectivity index (χ4n) is 2.41. The van der Waals surface area contributed by atoms with Gasteiger partial charge in [-0.05, 0) is 49.4 Å². The third kappa shape index (κ3) is 4.40. The fraction of sp³-hybridized carbons (Fsp3) is 0.100. The van der Waals surface area contributed by atoms with Gasteiger partial charge in [-0.1, -0.05) is 0 Å². The van der Waals surface area contributed by atoms with Crippen molar-refractivity contribution in [2.45, 2.75) is 6.92 Å². The van der Waals surface area contributed by atoms with E-state index in [1.165, 1.54) is 18.5 Å². The van der Waals surface area contributed by atoms with Crippen LogP contribution >= 0.6 is 0 Å². The minimum absolute atomic E-state index is 0.196. The van der Waals surface area contributed by atoms with E-state index in [2.05, 4.69) is 15.6 Å². The minimum atomic E-state index is -1.58. The molecule has 0 bridgehead atoms. The molecular formula is C20H16F3N3O2. The molecule has 1 amide bonds. The summed E-state index contributed by atoms with van der Waals surface area (Å²) in [6.07, 6.45) is 2.66. The van der Waals surface area contributed by atoms with Gasteiger partial charge in [-0.3, -0.25) is 9.78 Å². The van der Waals surface area contributed by atoms with E-state index >= 15 is 0 Å². The predicted octanol–water partition coefficient (Wildman–Crippen LogP) is 4.89. The van der Waals surface area contributed by atoms with Crippen molar-refractivity contribution >= 4 is 23.0 Å². The minimum Gasteiger partial charge on any atom is -0.494 e. The Balaban J connectivity index is 1.73. The van der Waals surface area contributed by atoms with Crippen LogP contribution in [0.25, 0.3) is 0 Å². The number of rotatable bonds is 6. The number of nitrogens with zero attached hydrogens (tertiary/aromatic N) is 1. The maximum absolute atomic E-state index is 13.8. The van der Waals surface area contributed by atoms with Crippen molar-refractivity contribution in [3.8, 4) is 5.75 Å². The largest absolute Gasteiger partial charge is 0.494 e. The van der Waals surface area contributed by atoms with E-state index in [4.69, 9.17) is 4.74 Å². The van der Waals surface area contributed by atoms with Crippen LogP contribution in [0.1, 0.15) is 17.3 Å². The summed E-state index contributed by atoms with van der Waals surface area (Å²) in [7, 11) is 0. The highest BCUT2D eigenvalue weighted by Gasteiger charge is 2.14. The Morgan fingerprint density at radius 3 is 2.46 bits per heavy atom. The highest BCUT2D eigenvalue weighted by molar-refractivity contribution is 6.04. The zero-order valence-corrected chi connectivity index (χ0v) is 14.8. The van der Waals surface area contributed by atoms with Crippen LogP contribution in [-0.2, 0) is 0 Å². The molecular weight excluding hydrogens is 371 g/mol. The number of carbonyl (C=O) groups is 1. The topological polar surface area (TPSA) is 63.2 Å². The van der Waals surface area contributed by atoms with E-state index in [9.17, 15) is 18.0 Å². The SMILES string of the molecule is CCOc1ccc(NC(=O)c2cncc(Nc3ccc(F)c(F)c3F)c2)cc1. The second-order valence-corrected chi connectivity index (χ2v) is 5.72. The van der Waals surface area contributed by atoms with Crippen molar-refractivity contribution in [3.63, 3.8) is 0 Å². The summed E-state index contributed by atoms with van der Waals surface area (Å²) in [6.45, 7) is 2.41. The third-order valence-corrected chi connectivity index (χ3v) is 3.74. The Hall–Kier alpha value is -3.55. The average molecular weight is 387 g/mol. The van der Waals surface area contributed by atoms with Gasteiger partial charge in [0.1, 0.15) is 5.75 Å². The van der Waals surface area contributed by atoms with Crippen molar-refractivity contribution in [3.05, 3.63) is 77.9 Å². The number of carbonyl (C=O) groups excluding carboxylic acids is 1. The molecule has 3 rings (SSSR count). The fourth-order valence-corrected chi connectivity index (χ4v) is 2.41. The predicted molar refractivity (Wildman–Crippen MR) is 99.4 cm³/mol. The molecule has 0 saturated heterocycles. The number of hydrogen-bond acceptors (Lipinski definition) is 4. The van der Waals surface area contributed by atoms with Crippen LogP contribution in [0.2, 0.25) is 0 Å². The summed E-state index contributed by atoms with van der Waals surface area (Å²) in [5.74, 6) is -3.98. The van der Waals surface area contributed by atoms with Gasteiger partial charge >= 0.3 is 0 Å². The lowest BCUT2D eigenvalue weighted by Gasteiger charge is -2.10. The second kappa shape index (κ2) is 8.43. The lowest BCUT2D eigenvalue weighted by Crippen LogP contribution is -2.12. The molecule has 0 fully saturated rings. The monoisotopic (exact) mass is 387 g/mol. The maximum Gasteiger partial charge on any atom is 0.257 e. The molecule has 0 atom stereocenters. The first-order valence-electron chi connectivity index (χ1n) is 8.37. The third-order valence-electron chi connectivity index (χ3n) is 3.74. The first-order valence-corrected chi connectivity index (χ1v) is 8.37. The highest BCUT2D eigenvalue weighted by atomic mass is 19.2. The van der Waals surface area contributed by atoms with Gasteiger partial charge in [0.15, 0.2) is 17.5 Å². The normalized spacial score (nSPS) is 10.4. The standard InChI is InChI=1S/C20H16F3N3O2/c1-2-28-15-5-3-13(4-6-15)26-20(27)12-9-14(11-24-10-12)25-17-8-7-16(21)18(22)19(17)23/h3-11,25H,2H2,1H3,(H,26,27). The van der Waals surface area contributed by atoms with E-state index in [0.29, 0.717) is 18.0 Å². The molecule has 8 heteroatoms. The molecule has 1 aromatic heterocycles. The maximum atomic E-state index is 13.8. The Kier molecular flexibility index (Phi) is 5.78. The number of pyridine rings is 1. The zero-order chi connectivity index (χ0) is 20.1. The zero-order valence-electron chi connectivity index (χ0n) is 14.8. The van der Waals surface area contributed by atoms with Crippen molar-refractivity contribution in [1.29, 1.82) is 0 Å². The molecule has 144 valence electrons.